The molecule has 128 valence electrons. The SMILES string of the molecule is NC(N)=Nc1ccc(C(=O)ON2C(=O)C3=C(C2=O)C2CCC3C2)cc1. The van der Waals surface area contributed by atoms with Crippen LogP contribution < -0.4 is 11.5 Å². The van der Waals surface area contributed by atoms with Crippen molar-refractivity contribution in [2.24, 2.45) is 28.3 Å². The first-order valence-electron chi connectivity index (χ1n) is 8.00. The Hall–Kier alpha value is -3.16. The van der Waals surface area contributed by atoms with Gasteiger partial charge in [0.15, 0.2) is 5.96 Å². The Balaban J connectivity index is 1.50. The molecule has 2 amide bonds. The van der Waals surface area contributed by atoms with Gasteiger partial charge in [0.05, 0.1) is 11.3 Å². The first kappa shape index (κ1) is 15.4. The van der Waals surface area contributed by atoms with E-state index in [0.717, 1.165) is 19.3 Å². The van der Waals surface area contributed by atoms with Crippen LogP contribution in [0.2, 0.25) is 0 Å². The van der Waals surface area contributed by atoms with Crippen LogP contribution in [0.1, 0.15) is 29.6 Å². The molecule has 25 heavy (non-hydrogen) atoms. The van der Waals surface area contributed by atoms with Crippen LogP contribution >= 0.6 is 0 Å². The zero-order valence-corrected chi connectivity index (χ0v) is 13.3. The Morgan fingerprint density at radius 2 is 1.60 bits per heavy atom. The van der Waals surface area contributed by atoms with E-state index < -0.39 is 17.8 Å². The lowest BCUT2D eigenvalue weighted by Crippen LogP contribution is -2.35. The van der Waals surface area contributed by atoms with Crippen molar-refractivity contribution in [1.82, 2.24) is 5.06 Å². The van der Waals surface area contributed by atoms with Crippen LogP contribution in [0, 0.1) is 11.8 Å². The lowest BCUT2D eigenvalue weighted by atomic mass is 9.93. The molecule has 0 saturated heterocycles. The lowest BCUT2D eigenvalue weighted by molar-refractivity contribution is -0.172. The second kappa shape index (κ2) is 5.44. The maximum atomic E-state index is 12.5. The van der Waals surface area contributed by atoms with Gasteiger partial charge >= 0.3 is 5.97 Å². The topological polar surface area (TPSA) is 128 Å². The van der Waals surface area contributed by atoms with Gasteiger partial charge in [0.25, 0.3) is 11.8 Å². The Morgan fingerprint density at radius 3 is 2.12 bits per heavy atom. The Bertz CT molecular complexity index is 820. The van der Waals surface area contributed by atoms with Crippen molar-refractivity contribution in [3.8, 4) is 0 Å². The van der Waals surface area contributed by atoms with Crippen LogP contribution in [0.15, 0.2) is 40.4 Å². The number of hydroxylamine groups is 2. The third-order valence-electron chi connectivity index (χ3n) is 4.90. The quantitative estimate of drug-likeness (QED) is 0.475. The van der Waals surface area contributed by atoms with E-state index in [1.54, 1.807) is 0 Å². The molecular formula is C17H16N4O4. The second-order valence-corrected chi connectivity index (χ2v) is 6.40. The van der Waals surface area contributed by atoms with E-state index in [9.17, 15) is 14.4 Å². The highest BCUT2D eigenvalue weighted by atomic mass is 16.7. The van der Waals surface area contributed by atoms with Crippen LogP contribution in [0.25, 0.3) is 0 Å². The zero-order valence-electron chi connectivity index (χ0n) is 13.3. The fraction of sp³-hybridized carbons (Fsp3) is 0.294. The van der Waals surface area contributed by atoms with Crippen LogP contribution in [0.5, 0.6) is 0 Å². The number of imide groups is 1. The molecule has 2 aliphatic carbocycles. The van der Waals surface area contributed by atoms with E-state index in [2.05, 4.69) is 4.99 Å². The number of fused-ring (bicyclic) bond motifs is 4. The van der Waals surface area contributed by atoms with E-state index in [0.29, 0.717) is 21.9 Å². The number of guanidine groups is 1. The third kappa shape index (κ3) is 2.37. The van der Waals surface area contributed by atoms with Crippen LogP contribution in [-0.4, -0.2) is 28.8 Å². The van der Waals surface area contributed by atoms with E-state index in [4.69, 9.17) is 16.3 Å². The molecule has 1 aromatic carbocycles. The van der Waals surface area contributed by atoms with Gasteiger partial charge < -0.3 is 16.3 Å². The van der Waals surface area contributed by atoms with Gasteiger partial charge in [0, 0.05) is 11.1 Å². The summed E-state index contributed by atoms with van der Waals surface area (Å²) in [6.07, 6.45) is 2.68. The number of nitrogens with zero attached hydrogens (tertiary/aromatic N) is 2. The molecule has 2 atom stereocenters. The molecule has 0 radical (unpaired) electrons. The maximum absolute atomic E-state index is 12.5. The third-order valence-corrected chi connectivity index (χ3v) is 4.90. The average molecular weight is 340 g/mol. The molecular weight excluding hydrogens is 324 g/mol. The zero-order chi connectivity index (χ0) is 17.7. The molecule has 1 aromatic rings. The smallest absolute Gasteiger partial charge is 0.363 e. The molecule has 8 heteroatoms. The van der Waals surface area contributed by atoms with E-state index >= 15 is 0 Å². The highest BCUT2D eigenvalue weighted by Crippen LogP contribution is 2.52. The van der Waals surface area contributed by atoms with Crippen molar-refractivity contribution in [2.75, 3.05) is 0 Å². The summed E-state index contributed by atoms with van der Waals surface area (Å²) in [6, 6.07) is 5.98. The van der Waals surface area contributed by atoms with Gasteiger partial charge in [-0.05, 0) is 55.4 Å². The van der Waals surface area contributed by atoms with Crippen molar-refractivity contribution in [3.63, 3.8) is 0 Å². The van der Waals surface area contributed by atoms with Gasteiger partial charge in [-0.3, -0.25) is 9.59 Å². The Kier molecular flexibility index (Phi) is 3.34. The molecule has 1 aliphatic heterocycles. The van der Waals surface area contributed by atoms with E-state index in [-0.39, 0.29) is 23.4 Å². The highest BCUT2D eigenvalue weighted by molar-refractivity contribution is 6.20. The predicted molar refractivity (Wildman–Crippen MR) is 87.0 cm³/mol. The summed E-state index contributed by atoms with van der Waals surface area (Å²) >= 11 is 0. The Labute approximate surface area is 143 Å². The molecule has 1 heterocycles. The molecule has 3 aliphatic rings. The van der Waals surface area contributed by atoms with Crippen molar-refractivity contribution >= 4 is 29.4 Å². The molecule has 0 aromatic heterocycles. The first-order chi connectivity index (χ1) is 12.0. The van der Waals surface area contributed by atoms with Crippen LogP contribution in [0.4, 0.5) is 5.69 Å². The first-order valence-corrected chi connectivity index (χ1v) is 8.00. The van der Waals surface area contributed by atoms with Crippen molar-refractivity contribution in [2.45, 2.75) is 19.3 Å². The predicted octanol–water partition coefficient (Wildman–Crippen LogP) is 0.759. The average Bonchev–Trinajstić information content (AvgIpc) is 3.25. The number of hydrogen-bond donors (Lipinski definition) is 2. The van der Waals surface area contributed by atoms with Gasteiger partial charge in [-0.1, -0.05) is 5.06 Å². The van der Waals surface area contributed by atoms with Gasteiger partial charge in [0.1, 0.15) is 0 Å². The molecule has 2 bridgehead atoms. The van der Waals surface area contributed by atoms with E-state index in [1.807, 2.05) is 0 Å². The van der Waals surface area contributed by atoms with Crippen LogP contribution in [-0.2, 0) is 14.4 Å². The minimum Gasteiger partial charge on any atom is -0.370 e. The Morgan fingerprint density at radius 1 is 1.04 bits per heavy atom. The normalized spacial score (nSPS) is 23.9. The van der Waals surface area contributed by atoms with Crippen molar-refractivity contribution in [3.05, 3.63) is 41.0 Å². The molecule has 4 N–H and O–H groups in total. The van der Waals surface area contributed by atoms with Crippen molar-refractivity contribution < 1.29 is 19.2 Å². The summed E-state index contributed by atoms with van der Waals surface area (Å²) in [4.78, 5) is 46.1. The summed E-state index contributed by atoms with van der Waals surface area (Å²) in [5.41, 5.74) is 12.3. The summed E-state index contributed by atoms with van der Waals surface area (Å²) < 4.78 is 0. The number of hydrogen-bond acceptors (Lipinski definition) is 5. The number of amides is 2. The molecule has 4 rings (SSSR count). The molecule has 1 fully saturated rings. The van der Waals surface area contributed by atoms with Gasteiger partial charge in [-0.2, -0.15) is 0 Å². The fourth-order valence-corrected chi connectivity index (χ4v) is 3.88. The summed E-state index contributed by atoms with van der Waals surface area (Å²) in [5, 5.41) is 0.599. The monoisotopic (exact) mass is 340 g/mol. The number of carbonyl (C=O) groups is 3. The molecule has 1 saturated carbocycles. The number of aliphatic imine (C=N–C) groups is 1. The summed E-state index contributed by atoms with van der Waals surface area (Å²) in [5.74, 6) is -1.64. The number of nitrogens with two attached hydrogens (primary N) is 2. The highest BCUT2D eigenvalue weighted by Gasteiger charge is 2.53. The number of rotatable bonds is 3. The fourth-order valence-electron chi connectivity index (χ4n) is 3.88. The van der Waals surface area contributed by atoms with E-state index in [1.165, 1.54) is 24.3 Å². The summed E-state index contributed by atoms with van der Waals surface area (Å²) in [7, 11) is 0. The standard InChI is InChI=1S/C17H16N4O4/c18-17(19)20-11-5-3-8(4-6-11)16(24)25-21-14(22)12-9-1-2-10(7-9)13(12)15(21)23/h3-6,9-10H,1-2,7H2,(H4,18,19,20). The van der Waals surface area contributed by atoms with Gasteiger partial charge in [-0.25, -0.2) is 9.79 Å². The molecule has 2 unspecified atom stereocenters. The number of carbonyl (C=O) groups excluding carboxylic acids is 3. The molecule has 0 spiro atoms. The van der Waals surface area contributed by atoms with Crippen LogP contribution in [0.3, 0.4) is 0 Å². The minimum absolute atomic E-state index is 0.0983. The van der Waals surface area contributed by atoms with Gasteiger partial charge in [-0.15, -0.1) is 0 Å². The molecule has 8 nitrogen and oxygen atoms in total. The summed E-state index contributed by atoms with van der Waals surface area (Å²) in [6.45, 7) is 0. The van der Waals surface area contributed by atoms with Crippen molar-refractivity contribution in [1.29, 1.82) is 0 Å². The second-order valence-electron chi connectivity index (χ2n) is 6.40. The largest absolute Gasteiger partial charge is 0.370 e. The maximum Gasteiger partial charge on any atom is 0.363 e. The minimum atomic E-state index is -0.786. The number of benzene rings is 1. The van der Waals surface area contributed by atoms with Gasteiger partial charge in [0.2, 0.25) is 0 Å². The lowest BCUT2D eigenvalue weighted by Gasteiger charge is -2.16.